The lowest BCUT2D eigenvalue weighted by Gasteiger charge is -2.05. The van der Waals surface area contributed by atoms with E-state index < -0.39 is 5.97 Å². The number of benzene rings is 1. The maximum Gasteiger partial charge on any atom is 0.339 e. The number of carbonyl (C=O) groups is 1. The summed E-state index contributed by atoms with van der Waals surface area (Å²) in [6, 6.07) is 7.71. The topological polar surface area (TPSA) is 70.4 Å². The normalized spacial score (nSPS) is 10.4. The molecular formula is C14H12FNO3. The van der Waals surface area contributed by atoms with Crippen LogP contribution in [-0.4, -0.2) is 21.2 Å². The number of hydrogen-bond donors (Lipinski definition) is 2. The zero-order chi connectivity index (χ0) is 13.8. The minimum atomic E-state index is -1.22. The Morgan fingerprint density at radius 2 is 2.00 bits per heavy atom. The van der Waals surface area contributed by atoms with Gasteiger partial charge in [0, 0.05) is 5.69 Å². The summed E-state index contributed by atoms with van der Waals surface area (Å²) >= 11 is 0. The Bertz CT molecular complexity index is 613. The summed E-state index contributed by atoms with van der Waals surface area (Å²) in [5.41, 5.74) is 0.853. The average molecular weight is 261 g/mol. The first kappa shape index (κ1) is 13.0. The first-order chi connectivity index (χ1) is 9.08. The highest BCUT2D eigenvalue weighted by atomic mass is 19.1. The quantitative estimate of drug-likeness (QED) is 0.886. The van der Waals surface area contributed by atoms with Crippen LogP contribution in [0.2, 0.25) is 0 Å². The van der Waals surface area contributed by atoms with Crippen LogP contribution in [-0.2, 0) is 12.8 Å². The zero-order valence-corrected chi connectivity index (χ0v) is 10.0. The standard InChI is InChI=1S/C14H12FNO3/c15-12-4-2-1-3-9(12)5-6-10-7-11(14(18)19)13(17)8-16-10/h1-4,7-8,17H,5-6H2,(H,18,19). The van der Waals surface area contributed by atoms with E-state index in [-0.39, 0.29) is 17.1 Å². The number of rotatable bonds is 4. The van der Waals surface area contributed by atoms with E-state index in [2.05, 4.69) is 4.98 Å². The summed E-state index contributed by atoms with van der Waals surface area (Å²) in [6.45, 7) is 0. The molecule has 0 unspecified atom stereocenters. The second-order valence-electron chi connectivity index (χ2n) is 4.09. The molecule has 5 heteroatoms. The van der Waals surface area contributed by atoms with Crippen LogP contribution in [0.15, 0.2) is 36.5 Å². The lowest BCUT2D eigenvalue weighted by Crippen LogP contribution is -2.02. The number of hydrogen-bond acceptors (Lipinski definition) is 3. The van der Waals surface area contributed by atoms with E-state index in [1.54, 1.807) is 18.2 Å². The SMILES string of the molecule is O=C(O)c1cc(CCc2ccccc2F)ncc1O. The van der Waals surface area contributed by atoms with E-state index in [4.69, 9.17) is 5.11 Å². The fourth-order valence-electron chi connectivity index (χ4n) is 1.76. The lowest BCUT2D eigenvalue weighted by molar-refractivity contribution is 0.0693. The van der Waals surface area contributed by atoms with Gasteiger partial charge in [-0.05, 0) is 30.5 Å². The van der Waals surface area contributed by atoms with E-state index in [9.17, 15) is 14.3 Å². The van der Waals surface area contributed by atoms with Gasteiger partial charge in [0.1, 0.15) is 17.1 Å². The van der Waals surface area contributed by atoms with Crippen LogP contribution in [0.3, 0.4) is 0 Å². The Morgan fingerprint density at radius 3 is 2.68 bits per heavy atom. The second kappa shape index (κ2) is 5.48. The van der Waals surface area contributed by atoms with Crippen molar-refractivity contribution in [3.63, 3.8) is 0 Å². The third-order valence-electron chi connectivity index (χ3n) is 2.78. The minimum Gasteiger partial charge on any atom is -0.505 e. The van der Waals surface area contributed by atoms with Crippen molar-refractivity contribution in [2.75, 3.05) is 0 Å². The fourth-order valence-corrected chi connectivity index (χ4v) is 1.76. The van der Waals surface area contributed by atoms with Crippen molar-refractivity contribution in [1.29, 1.82) is 0 Å². The Kier molecular flexibility index (Phi) is 3.75. The summed E-state index contributed by atoms with van der Waals surface area (Å²) in [7, 11) is 0. The molecule has 2 rings (SSSR count). The highest BCUT2D eigenvalue weighted by Gasteiger charge is 2.11. The van der Waals surface area contributed by atoms with Gasteiger partial charge < -0.3 is 10.2 Å². The Balaban J connectivity index is 2.14. The van der Waals surface area contributed by atoms with Crippen LogP contribution in [0.5, 0.6) is 5.75 Å². The molecule has 0 spiro atoms. The average Bonchev–Trinajstić information content (AvgIpc) is 2.39. The minimum absolute atomic E-state index is 0.196. The van der Waals surface area contributed by atoms with Gasteiger partial charge >= 0.3 is 5.97 Å². The van der Waals surface area contributed by atoms with Gasteiger partial charge in [0.2, 0.25) is 0 Å². The first-order valence-corrected chi connectivity index (χ1v) is 5.72. The van der Waals surface area contributed by atoms with E-state index in [1.165, 1.54) is 12.1 Å². The molecule has 0 radical (unpaired) electrons. The maximum atomic E-state index is 13.4. The highest BCUT2D eigenvalue weighted by Crippen LogP contribution is 2.17. The van der Waals surface area contributed by atoms with Crippen LogP contribution in [0, 0.1) is 5.82 Å². The van der Waals surface area contributed by atoms with Crippen LogP contribution >= 0.6 is 0 Å². The van der Waals surface area contributed by atoms with Gasteiger partial charge in [-0.25, -0.2) is 9.18 Å². The van der Waals surface area contributed by atoms with Crippen LogP contribution in [0.4, 0.5) is 4.39 Å². The Labute approximate surface area is 109 Å². The van der Waals surface area contributed by atoms with Crippen LogP contribution in [0.1, 0.15) is 21.6 Å². The van der Waals surface area contributed by atoms with Gasteiger partial charge in [-0.2, -0.15) is 0 Å². The molecule has 19 heavy (non-hydrogen) atoms. The Hall–Kier alpha value is -2.43. The molecule has 0 bridgehead atoms. The van der Waals surface area contributed by atoms with Gasteiger partial charge in [0.15, 0.2) is 0 Å². The molecule has 0 aliphatic carbocycles. The van der Waals surface area contributed by atoms with E-state index in [0.717, 1.165) is 6.20 Å². The smallest absolute Gasteiger partial charge is 0.339 e. The van der Waals surface area contributed by atoms with E-state index >= 15 is 0 Å². The van der Waals surface area contributed by atoms with Gasteiger partial charge in [-0.1, -0.05) is 18.2 Å². The third-order valence-corrected chi connectivity index (χ3v) is 2.78. The number of aryl methyl sites for hydroxylation is 2. The van der Waals surface area contributed by atoms with Crippen molar-refractivity contribution in [2.24, 2.45) is 0 Å². The van der Waals surface area contributed by atoms with Crippen molar-refractivity contribution in [1.82, 2.24) is 4.98 Å². The molecule has 0 amide bonds. The molecule has 0 atom stereocenters. The number of carboxylic acids is 1. The van der Waals surface area contributed by atoms with Gasteiger partial charge in [0.25, 0.3) is 0 Å². The second-order valence-corrected chi connectivity index (χ2v) is 4.09. The molecule has 0 saturated carbocycles. The van der Waals surface area contributed by atoms with E-state index in [1.807, 2.05) is 0 Å². The predicted molar refractivity (Wildman–Crippen MR) is 66.7 cm³/mol. The summed E-state index contributed by atoms with van der Waals surface area (Å²) in [5, 5.41) is 18.2. The molecule has 2 N–H and O–H groups in total. The third kappa shape index (κ3) is 3.07. The molecule has 1 aromatic heterocycles. The van der Waals surface area contributed by atoms with Crippen molar-refractivity contribution >= 4 is 5.97 Å². The largest absolute Gasteiger partial charge is 0.505 e. The predicted octanol–water partition coefficient (Wildman–Crippen LogP) is 2.41. The molecule has 0 aliphatic heterocycles. The fraction of sp³-hybridized carbons (Fsp3) is 0.143. The lowest BCUT2D eigenvalue weighted by atomic mass is 10.1. The molecule has 1 aromatic carbocycles. The first-order valence-electron chi connectivity index (χ1n) is 5.72. The summed E-state index contributed by atoms with van der Waals surface area (Å²) < 4.78 is 13.4. The molecule has 1 heterocycles. The Morgan fingerprint density at radius 1 is 1.26 bits per heavy atom. The van der Waals surface area contributed by atoms with Crippen molar-refractivity contribution in [2.45, 2.75) is 12.8 Å². The summed E-state index contributed by atoms with van der Waals surface area (Å²) in [5.74, 6) is -1.88. The van der Waals surface area contributed by atoms with Crippen molar-refractivity contribution < 1.29 is 19.4 Å². The van der Waals surface area contributed by atoms with E-state index in [0.29, 0.717) is 24.1 Å². The number of aromatic carboxylic acids is 1. The number of aromatic hydroxyl groups is 1. The number of aromatic nitrogens is 1. The molecule has 98 valence electrons. The van der Waals surface area contributed by atoms with Crippen LogP contribution in [0.25, 0.3) is 0 Å². The van der Waals surface area contributed by atoms with Gasteiger partial charge in [-0.3, -0.25) is 4.98 Å². The number of halogens is 1. The number of nitrogens with zero attached hydrogens (tertiary/aromatic N) is 1. The maximum absolute atomic E-state index is 13.4. The monoisotopic (exact) mass is 261 g/mol. The molecule has 0 fully saturated rings. The number of pyridine rings is 1. The zero-order valence-electron chi connectivity index (χ0n) is 10.0. The molecule has 0 aliphatic rings. The van der Waals surface area contributed by atoms with Gasteiger partial charge in [0.05, 0.1) is 6.20 Å². The molecular weight excluding hydrogens is 249 g/mol. The summed E-state index contributed by atoms with van der Waals surface area (Å²) in [4.78, 5) is 14.8. The highest BCUT2D eigenvalue weighted by molar-refractivity contribution is 5.90. The van der Waals surface area contributed by atoms with Gasteiger partial charge in [-0.15, -0.1) is 0 Å². The van der Waals surface area contributed by atoms with Crippen molar-refractivity contribution in [3.8, 4) is 5.75 Å². The van der Waals surface area contributed by atoms with Crippen LogP contribution < -0.4 is 0 Å². The molecule has 4 nitrogen and oxygen atoms in total. The number of carboxylic acid groups (broad SMARTS) is 1. The summed E-state index contributed by atoms with van der Waals surface area (Å²) in [6.07, 6.45) is 1.92. The molecule has 0 saturated heterocycles. The molecule has 2 aromatic rings. The van der Waals surface area contributed by atoms with Crippen molar-refractivity contribution in [3.05, 3.63) is 59.2 Å².